The molecule has 0 amide bonds. The van der Waals surface area contributed by atoms with Crippen molar-refractivity contribution in [1.82, 2.24) is 9.80 Å². The number of hydrogen-bond donors (Lipinski definition) is 1. The topological polar surface area (TPSA) is 32.5 Å². The summed E-state index contributed by atoms with van der Waals surface area (Å²) in [5.41, 5.74) is 6.49. The van der Waals surface area contributed by atoms with Gasteiger partial charge in [0.1, 0.15) is 5.82 Å². The Bertz CT molecular complexity index is 412. The van der Waals surface area contributed by atoms with Gasteiger partial charge in [0.2, 0.25) is 0 Å². The number of nitrogens with two attached hydrogens (primary N) is 1. The quantitative estimate of drug-likeness (QED) is 0.801. The summed E-state index contributed by atoms with van der Waals surface area (Å²) in [6.45, 7) is 5.16. The predicted molar refractivity (Wildman–Crippen MR) is 83.6 cm³/mol. The number of hydrogen-bond acceptors (Lipinski definition) is 3. The number of halogens is 2. The summed E-state index contributed by atoms with van der Waals surface area (Å²) in [7, 11) is 4.06. The normalized spacial score (nSPS) is 13.2. The van der Waals surface area contributed by atoms with Crippen LogP contribution in [0.3, 0.4) is 0 Å². The fraction of sp³-hybridized carbons (Fsp3) is 0.600. The van der Waals surface area contributed by atoms with Crippen molar-refractivity contribution in [1.29, 1.82) is 0 Å². The zero-order valence-electron chi connectivity index (χ0n) is 12.6. The minimum absolute atomic E-state index is 0.131. The number of likely N-dealkylation sites (N-methyl/N-ethyl adjacent to an activating group) is 1. The molecule has 5 heteroatoms. The van der Waals surface area contributed by atoms with E-state index in [-0.39, 0.29) is 16.9 Å². The number of benzene rings is 1. The van der Waals surface area contributed by atoms with Gasteiger partial charge in [0.15, 0.2) is 0 Å². The number of nitrogens with zero attached hydrogens (tertiary/aromatic N) is 2. The molecule has 0 spiro atoms. The summed E-state index contributed by atoms with van der Waals surface area (Å²) in [5, 5.41) is 0.157. The van der Waals surface area contributed by atoms with E-state index in [4.69, 9.17) is 17.3 Å². The van der Waals surface area contributed by atoms with Crippen LogP contribution in [0.1, 0.15) is 24.9 Å². The molecule has 1 unspecified atom stereocenters. The molecule has 1 aromatic carbocycles. The predicted octanol–water partition coefficient (Wildman–Crippen LogP) is 2.75. The van der Waals surface area contributed by atoms with Crippen LogP contribution in [0.25, 0.3) is 0 Å². The molecular formula is C15H25ClFN3. The highest BCUT2D eigenvalue weighted by Crippen LogP contribution is 2.27. The first-order chi connectivity index (χ1) is 9.51. The van der Waals surface area contributed by atoms with Gasteiger partial charge in [0.25, 0.3) is 0 Å². The second-order valence-corrected chi connectivity index (χ2v) is 5.64. The lowest BCUT2D eigenvalue weighted by Crippen LogP contribution is -2.39. The Morgan fingerprint density at radius 1 is 1.25 bits per heavy atom. The highest BCUT2D eigenvalue weighted by molar-refractivity contribution is 6.30. The molecule has 0 bridgehead atoms. The third-order valence-electron chi connectivity index (χ3n) is 3.35. The Kier molecular flexibility index (Phi) is 7.45. The van der Waals surface area contributed by atoms with Gasteiger partial charge in [-0.25, -0.2) is 4.39 Å². The van der Waals surface area contributed by atoms with Gasteiger partial charge < -0.3 is 10.6 Å². The zero-order valence-corrected chi connectivity index (χ0v) is 13.3. The Morgan fingerprint density at radius 2 is 1.95 bits per heavy atom. The maximum atomic E-state index is 14.2. The largest absolute Gasteiger partial charge is 0.329 e. The highest BCUT2D eigenvalue weighted by Gasteiger charge is 2.22. The second kappa shape index (κ2) is 8.57. The van der Waals surface area contributed by atoms with E-state index < -0.39 is 0 Å². The van der Waals surface area contributed by atoms with Crippen molar-refractivity contribution in [3.63, 3.8) is 0 Å². The fourth-order valence-corrected chi connectivity index (χ4v) is 2.47. The molecule has 0 saturated heterocycles. The molecular weight excluding hydrogens is 277 g/mol. The van der Waals surface area contributed by atoms with Gasteiger partial charge >= 0.3 is 0 Å². The van der Waals surface area contributed by atoms with E-state index in [2.05, 4.69) is 16.7 Å². The molecule has 114 valence electrons. The third-order valence-corrected chi connectivity index (χ3v) is 3.64. The molecule has 0 aliphatic carbocycles. The van der Waals surface area contributed by atoms with Gasteiger partial charge in [-0.3, -0.25) is 4.90 Å². The van der Waals surface area contributed by atoms with E-state index in [1.165, 1.54) is 0 Å². The van der Waals surface area contributed by atoms with Gasteiger partial charge in [0.05, 0.1) is 11.1 Å². The lowest BCUT2D eigenvalue weighted by Gasteiger charge is -2.32. The van der Waals surface area contributed by atoms with Crippen LogP contribution in [0.5, 0.6) is 0 Å². The zero-order chi connectivity index (χ0) is 15.1. The summed E-state index contributed by atoms with van der Waals surface area (Å²) in [5.74, 6) is -0.351. The maximum absolute atomic E-state index is 14.2. The second-order valence-electron chi connectivity index (χ2n) is 5.23. The molecule has 20 heavy (non-hydrogen) atoms. The first-order valence-electron chi connectivity index (χ1n) is 7.04. The lowest BCUT2D eigenvalue weighted by molar-refractivity contribution is 0.179. The summed E-state index contributed by atoms with van der Waals surface area (Å²) >= 11 is 5.88. The van der Waals surface area contributed by atoms with E-state index in [0.29, 0.717) is 12.1 Å². The molecule has 1 aromatic rings. The Hall–Kier alpha value is -0.680. The molecule has 3 nitrogen and oxygen atoms in total. The summed E-state index contributed by atoms with van der Waals surface area (Å²) < 4.78 is 14.2. The summed E-state index contributed by atoms with van der Waals surface area (Å²) in [6.07, 6.45) is 1.01. The van der Waals surface area contributed by atoms with E-state index in [1.807, 2.05) is 14.1 Å². The van der Waals surface area contributed by atoms with Crippen LogP contribution < -0.4 is 5.73 Å². The molecule has 1 rings (SSSR count). The molecule has 0 aromatic heterocycles. The minimum atomic E-state index is -0.351. The van der Waals surface area contributed by atoms with Crippen molar-refractivity contribution < 1.29 is 4.39 Å². The molecule has 0 radical (unpaired) electrons. The van der Waals surface area contributed by atoms with E-state index in [9.17, 15) is 4.39 Å². The number of rotatable bonds is 8. The highest BCUT2D eigenvalue weighted by atomic mass is 35.5. The van der Waals surface area contributed by atoms with Gasteiger partial charge in [-0.2, -0.15) is 0 Å². The van der Waals surface area contributed by atoms with Crippen molar-refractivity contribution in [2.75, 3.05) is 40.3 Å². The van der Waals surface area contributed by atoms with Crippen molar-refractivity contribution in [3.05, 3.63) is 34.6 Å². The van der Waals surface area contributed by atoms with Crippen molar-refractivity contribution in [2.24, 2.45) is 5.73 Å². The Balaban J connectivity index is 2.96. The smallest absolute Gasteiger partial charge is 0.146 e. The maximum Gasteiger partial charge on any atom is 0.146 e. The van der Waals surface area contributed by atoms with E-state index in [0.717, 1.165) is 26.1 Å². The van der Waals surface area contributed by atoms with Crippen molar-refractivity contribution >= 4 is 11.6 Å². The molecule has 0 fully saturated rings. The van der Waals surface area contributed by atoms with Gasteiger partial charge in [-0.15, -0.1) is 0 Å². The van der Waals surface area contributed by atoms with E-state index >= 15 is 0 Å². The lowest BCUT2D eigenvalue weighted by atomic mass is 10.0. The van der Waals surface area contributed by atoms with Crippen LogP contribution in [0, 0.1) is 5.82 Å². The SMILES string of the molecule is CCCN(CCN(C)C)C(CN)c1cccc(Cl)c1F. The van der Waals surface area contributed by atoms with E-state index in [1.54, 1.807) is 18.2 Å². The molecule has 0 heterocycles. The van der Waals surface area contributed by atoms with Crippen LogP contribution in [-0.2, 0) is 0 Å². The van der Waals surface area contributed by atoms with Gasteiger partial charge in [0, 0.05) is 25.2 Å². The Morgan fingerprint density at radius 3 is 2.50 bits per heavy atom. The first-order valence-corrected chi connectivity index (χ1v) is 7.41. The van der Waals surface area contributed by atoms with Crippen LogP contribution in [-0.4, -0.2) is 50.1 Å². The molecule has 1 atom stereocenters. The molecule has 0 aliphatic heterocycles. The minimum Gasteiger partial charge on any atom is -0.329 e. The Labute approximate surface area is 126 Å². The average Bonchev–Trinajstić information content (AvgIpc) is 2.41. The van der Waals surface area contributed by atoms with Crippen LogP contribution in [0.2, 0.25) is 5.02 Å². The summed E-state index contributed by atoms with van der Waals surface area (Å²) in [4.78, 5) is 4.35. The standard InChI is InChI=1S/C15H25ClFN3/c1-4-8-20(10-9-19(2)3)14(11-18)12-6-5-7-13(16)15(12)17/h5-7,14H,4,8-11,18H2,1-3H3. The van der Waals surface area contributed by atoms with Gasteiger partial charge in [-0.05, 0) is 33.1 Å². The van der Waals surface area contributed by atoms with Crippen molar-refractivity contribution in [2.45, 2.75) is 19.4 Å². The van der Waals surface area contributed by atoms with Crippen LogP contribution >= 0.6 is 11.6 Å². The summed E-state index contributed by atoms with van der Waals surface area (Å²) in [6, 6.07) is 4.99. The average molecular weight is 302 g/mol. The van der Waals surface area contributed by atoms with Crippen molar-refractivity contribution in [3.8, 4) is 0 Å². The van der Waals surface area contributed by atoms with Crippen LogP contribution in [0.4, 0.5) is 4.39 Å². The third kappa shape index (κ3) is 4.70. The first kappa shape index (κ1) is 17.4. The van der Waals surface area contributed by atoms with Crippen LogP contribution in [0.15, 0.2) is 18.2 Å². The monoisotopic (exact) mass is 301 g/mol. The molecule has 2 N–H and O–H groups in total. The molecule has 0 saturated carbocycles. The van der Waals surface area contributed by atoms with Gasteiger partial charge in [-0.1, -0.05) is 30.7 Å². The fourth-order valence-electron chi connectivity index (χ4n) is 2.29. The molecule has 0 aliphatic rings.